The number of halogens is 2. The van der Waals surface area contributed by atoms with E-state index in [0.717, 1.165) is 11.4 Å². The molecule has 0 N–H and O–H groups in total. The monoisotopic (exact) mass is 597 g/mol. The molecule has 0 atom stereocenters. The summed E-state index contributed by atoms with van der Waals surface area (Å²) in [5, 5.41) is 0.922. The van der Waals surface area contributed by atoms with Gasteiger partial charge in [0.25, 0.3) is 5.91 Å². The molecular weight excluding hydrogens is 565 g/mol. The van der Waals surface area contributed by atoms with Crippen molar-refractivity contribution in [3.8, 4) is 0 Å². The smallest absolute Gasteiger partial charge is 0.309 e. The Morgan fingerprint density at radius 3 is 2.44 bits per heavy atom. The van der Waals surface area contributed by atoms with Crippen molar-refractivity contribution in [3.63, 3.8) is 0 Å². The lowest BCUT2D eigenvalue weighted by Gasteiger charge is -2.36. The molecule has 216 valence electrons. The lowest BCUT2D eigenvalue weighted by molar-refractivity contribution is -0.149. The molecule has 3 heterocycles. The summed E-state index contributed by atoms with van der Waals surface area (Å²) in [6, 6.07) is 16.2. The van der Waals surface area contributed by atoms with Crippen LogP contribution in [0.1, 0.15) is 35.7 Å². The molecule has 2 aromatic carbocycles. The third-order valence-corrected chi connectivity index (χ3v) is 8.51. The van der Waals surface area contributed by atoms with Crippen LogP contribution in [0.4, 0.5) is 15.9 Å². The third-order valence-electron chi connectivity index (χ3n) is 7.40. The summed E-state index contributed by atoms with van der Waals surface area (Å²) < 4.78 is 19.4. The van der Waals surface area contributed by atoms with Gasteiger partial charge < -0.3 is 19.4 Å². The van der Waals surface area contributed by atoms with Gasteiger partial charge in [-0.2, -0.15) is 0 Å². The molecule has 0 unspecified atom stereocenters. The summed E-state index contributed by atoms with van der Waals surface area (Å²) >= 11 is 7.83. The largest absolute Gasteiger partial charge is 0.466 e. The molecule has 11 heteroatoms. The van der Waals surface area contributed by atoms with E-state index in [1.807, 2.05) is 35.2 Å². The Bertz CT molecular complexity index is 1380. The molecule has 0 aliphatic carbocycles. The second-order valence-corrected chi connectivity index (χ2v) is 11.4. The average molecular weight is 598 g/mol. The molecule has 41 heavy (non-hydrogen) atoms. The minimum atomic E-state index is -0.214. The standard InChI is InChI=1S/C30H33ClFN5O3S/c1-2-40-29(39)22-10-12-37(13-11-22)28(38)23-7-5-6-21(18-23)20-41-30-33-26(31)19-27(34-30)36-16-14-35(15-17-36)25-9-4-3-8-24(25)32/h3-9,18-19,22H,2,10-17,20H2,1H3. The van der Waals surface area contributed by atoms with E-state index in [0.29, 0.717) is 86.0 Å². The van der Waals surface area contributed by atoms with E-state index >= 15 is 0 Å². The lowest BCUT2D eigenvalue weighted by atomic mass is 9.96. The SMILES string of the molecule is CCOC(=O)C1CCN(C(=O)c2cccc(CSc3nc(Cl)cc(N4CCN(c5ccccc5F)CC4)n3)c2)CC1. The van der Waals surface area contributed by atoms with Crippen LogP contribution in [0.15, 0.2) is 59.8 Å². The lowest BCUT2D eigenvalue weighted by Crippen LogP contribution is -2.47. The molecule has 0 radical (unpaired) electrons. The fourth-order valence-corrected chi connectivity index (χ4v) is 6.22. The van der Waals surface area contributed by atoms with Gasteiger partial charge in [0.05, 0.1) is 18.2 Å². The van der Waals surface area contributed by atoms with Crippen molar-refractivity contribution >= 4 is 46.7 Å². The molecule has 0 spiro atoms. The van der Waals surface area contributed by atoms with Gasteiger partial charge in [-0.1, -0.05) is 47.6 Å². The molecule has 2 fully saturated rings. The van der Waals surface area contributed by atoms with Gasteiger partial charge in [-0.3, -0.25) is 9.59 Å². The minimum Gasteiger partial charge on any atom is -0.466 e. The molecule has 1 aromatic heterocycles. The fraction of sp³-hybridized carbons (Fsp3) is 0.400. The zero-order valence-corrected chi connectivity index (χ0v) is 24.5. The Morgan fingerprint density at radius 1 is 0.976 bits per heavy atom. The number of piperidine rings is 1. The molecule has 2 aliphatic heterocycles. The van der Waals surface area contributed by atoms with E-state index in [1.54, 1.807) is 30.0 Å². The van der Waals surface area contributed by atoms with Gasteiger partial charge in [0.15, 0.2) is 5.16 Å². The maximum Gasteiger partial charge on any atom is 0.309 e. The quantitative estimate of drug-likeness (QED) is 0.150. The third kappa shape index (κ3) is 7.29. The van der Waals surface area contributed by atoms with Crippen LogP contribution in [0.5, 0.6) is 0 Å². The van der Waals surface area contributed by atoms with Gasteiger partial charge in [-0.25, -0.2) is 14.4 Å². The van der Waals surface area contributed by atoms with Gasteiger partial charge in [0.1, 0.15) is 16.8 Å². The van der Waals surface area contributed by atoms with Crippen LogP contribution < -0.4 is 9.80 Å². The number of benzene rings is 2. The Hall–Kier alpha value is -3.37. The number of esters is 1. The number of para-hydroxylation sites is 1. The molecule has 2 saturated heterocycles. The first-order chi connectivity index (χ1) is 19.9. The Balaban J connectivity index is 1.17. The first-order valence-electron chi connectivity index (χ1n) is 13.9. The maximum atomic E-state index is 14.2. The predicted octanol–water partition coefficient (Wildman–Crippen LogP) is 5.30. The van der Waals surface area contributed by atoms with Crippen LogP contribution in [0.2, 0.25) is 5.15 Å². The topological polar surface area (TPSA) is 78.9 Å². The number of piperazine rings is 1. The second-order valence-electron chi connectivity index (χ2n) is 10.1. The molecule has 0 bridgehead atoms. The Kier molecular flexibility index (Phi) is 9.61. The zero-order valence-electron chi connectivity index (χ0n) is 23.0. The van der Waals surface area contributed by atoms with Crippen LogP contribution in [0.3, 0.4) is 0 Å². The number of hydrogen-bond acceptors (Lipinski definition) is 8. The van der Waals surface area contributed by atoms with Crippen molar-refractivity contribution in [3.05, 3.63) is 76.7 Å². The average Bonchev–Trinajstić information content (AvgIpc) is 3.00. The van der Waals surface area contributed by atoms with E-state index in [4.69, 9.17) is 21.3 Å². The molecule has 1 amide bonds. The number of ether oxygens (including phenoxy) is 1. The number of likely N-dealkylation sites (tertiary alicyclic amines) is 1. The zero-order chi connectivity index (χ0) is 28.8. The summed E-state index contributed by atoms with van der Waals surface area (Å²) in [7, 11) is 0. The van der Waals surface area contributed by atoms with Gasteiger partial charge in [-0.05, 0) is 49.6 Å². The van der Waals surface area contributed by atoms with Gasteiger partial charge in [0.2, 0.25) is 0 Å². The van der Waals surface area contributed by atoms with Crippen molar-refractivity contribution < 1.29 is 18.7 Å². The molecule has 8 nitrogen and oxygen atoms in total. The summed E-state index contributed by atoms with van der Waals surface area (Å²) in [5.41, 5.74) is 2.22. The van der Waals surface area contributed by atoms with Crippen LogP contribution in [-0.4, -0.2) is 72.6 Å². The van der Waals surface area contributed by atoms with Crippen molar-refractivity contribution in [2.45, 2.75) is 30.7 Å². The number of amides is 1. The molecule has 2 aliphatic rings. The van der Waals surface area contributed by atoms with Crippen molar-refractivity contribution in [2.24, 2.45) is 5.92 Å². The van der Waals surface area contributed by atoms with Crippen LogP contribution in [-0.2, 0) is 15.3 Å². The predicted molar refractivity (Wildman–Crippen MR) is 159 cm³/mol. The maximum absolute atomic E-state index is 14.2. The first-order valence-corrected chi connectivity index (χ1v) is 15.2. The van der Waals surface area contributed by atoms with Gasteiger partial charge in [-0.15, -0.1) is 0 Å². The van der Waals surface area contributed by atoms with Crippen molar-refractivity contribution in [1.29, 1.82) is 0 Å². The summed E-state index contributed by atoms with van der Waals surface area (Å²) in [5.74, 6) is 0.766. The van der Waals surface area contributed by atoms with E-state index in [-0.39, 0.29) is 23.6 Å². The summed E-state index contributed by atoms with van der Waals surface area (Å²) in [4.78, 5) is 40.3. The molecule has 0 saturated carbocycles. The normalized spacial score (nSPS) is 16.1. The minimum absolute atomic E-state index is 0.0324. The number of anilines is 2. The first kappa shape index (κ1) is 29.1. The number of rotatable bonds is 8. The van der Waals surface area contributed by atoms with Crippen molar-refractivity contribution in [1.82, 2.24) is 14.9 Å². The highest BCUT2D eigenvalue weighted by Crippen LogP contribution is 2.28. The summed E-state index contributed by atoms with van der Waals surface area (Å²) in [6.45, 7) is 5.97. The van der Waals surface area contributed by atoms with Gasteiger partial charge >= 0.3 is 5.97 Å². The van der Waals surface area contributed by atoms with Crippen LogP contribution >= 0.6 is 23.4 Å². The van der Waals surface area contributed by atoms with Crippen LogP contribution in [0.25, 0.3) is 0 Å². The molecule has 3 aromatic rings. The highest BCUT2D eigenvalue weighted by Gasteiger charge is 2.29. The highest BCUT2D eigenvalue weighted by atomic mass is 35.5. The van der Waals surface area contributed by atoms with E-state index in [1.165, 1.54) is 17.8 Å². The van der Waals surface area contributed by atoms with E-state index < -0.39 is 0 Å². The highest BCUT2D eigenvalue weighted by molar-refractivity contribution is 7.98. The second kappa shape index (κ2) is 13.5. The number of nitrogens with zero attached hydrogens (tertiary/aromatic N) is 5. The number of carbonyl (C=O) groups is 2. The molecule has 5 rings (SSSR count). The van der Waals surface area contributed by atoms with E-state index in [2.05, 4.69) is 9.88 Å². The molecular formula is C30H33ClFN5O3S. The fourth-order valence-electron chi connectivity index (χ4n) is 5.20. The van der Waals surface area contributed by atoms with Crippen molar-refractivity contribution in [2.75, 3.05) is 55.7 Å². The van der Waals surface area contributed by atoms with Crippen LogP contribution in [0, 0.1) is 11.7 Å². The number of hydrogen-bond donors (Lipinski definition) is 0. The van der Waals surface area contributed by atoms with Gasteiger partial charge in [0, 0.05) is 56.7 Å². The summed E-state index contributed by atoms with van der Waals surface area (Å²) in [6.07, 6.45) is 1.24. The number of carbonyl (C=O) groups excluding carboxylic acids is 2. The number of thioether (sulfide) groups is 1. The Morgan fingerprint density at radius 2 is 1.71 bits per heavy atom. The Labute approximate surface area is 248 Å². The number of aromatic nitrogens is 2. The van der Waals surface area contributed by atoms with E-state index in [9.17, 15) is 14.0 Å².